The van der Waals surface area contributed by atoms with Crippen LogP contribution in [0.3, 0.4) is 0 Å². The summed E-state index contributed by atoms with van der Waals surface area (Å²) in [5.74, 6) is -2.06. The zero-order valence-corrected chi connectivity index (χ0v) is 18.5. The van der Waals surface area contributed by atoms with Crippen LogP contribution in [0, 0.1) is 28.6 Å². The maximum absolute atomic E-state index is 12.1. The Labute approximate surface area is 178 Å². The standard InChI is InChI=1S/C21H26BrClO5/c1-10-6-12-13-8-15(23)14-7-11(24)4-5-18(14,2)20(13,22)16(25)9-19(12,3)21(10,28)17(26)27/h4-5,7,10,12-13,15-16,25,28H,6,8-9H2,1-3H3,(H,26,27)/t10-,12-,13-,15-,16-,18-,19-,20-,21-/m0/s1. The fourth-order valence-corrected chi connectivity index (χ4v) is 8.51. The number of carbonyl (C=O) groups is 2. The van der Waals surface area contributed by atoms with Crippen LogP contribution in [0.1, 0.15) is 40.0 Å². The van der Waals surface area contributed by atoms with Crippen molar-refractivity contribution in [2.75, 3.05) is 0 Å². The van der Waals surface area contributed by atoms with Crippen LogP contribution in [0.25, 0.3) is 0 Å². The maximum Gasteiger partial charge on any atom is 0.336 e. The maximum atomic E-state index is 12.1. The van der Waals surface area contributed by atoms with Gasteiger partial charge < -0.3 is 15.3 Å². The summed E-state index contributed by atoms with van der Waals surface area (Å²) in [5, 5.41) is 32.1. The molecule has 154 valence electrons. The molecule has 7 heteroatoms. The fraction of sp³-hybridized carbons (Fsp3) is 0.714. The molecule has 3 saturated carbocycles. The second-order valence-corrected chi connectivity index (χ2v) is 11.4. The first-order valence-electron chi connectivity index (χ1n) is 9.76. The third-order valence-electron chi connectivity index (χ3n) is 8.54. The number of hydrogen-bond acceptors (Lipinski definition) is 4. The van der Waals surface area contributed by atoms with E-state index in [9.17, 15) is 24.9 Å². The van der Waals surface area contributed by atoms with Gasteiger partial charge in [0.25, 0.3) is 0 Å². The van der Waals surface area contributed by atoms with E-state index < -0.39 is 44.1 Å². The van der Waals surface area contributed by atoms with Crippen molar-refractivity contribution < 1.29 is 24.9 Å². The minimum Gasteiger partial charge on any atom is -0.479 e. The molecule has 0 aromatic heterocycles. The minimum absolute atomic E-state index is 0.113. The number of ketones is 1. The Bertz CT molecular complexity index is 826. The van der Waals surface area contributed by atoms with Gasteiger partial charge in [-0.1, -0.05) is 42.8 Å². The van der Waals surface area contributed by atoms with Crippen LogP contribution in [0.2, 0.25) is 0 Å². The van der Waals surface area contributed by atoms with E-state index in [4.69, 9.17) is 11.6 Å². The summed E-state index contributed by atoms with van der Waals surface area (Å²) in [5.41, 5.74) is -2.76. The van der Waals surface area contributed by atoms with Crippen LogP contribution in [0.4, 0.5) is 0 Å². The van der Waals surface area contributed by atoms with Crippen molar-refractivity contribution in [3.63, 3.8) is 0 Å². The van der Waals surface area contributed by atoms with E-state index in [0.29, 0.717) is 12.8 Å². The summed E-state index contributed by atoms with van der Waals surface area (Å²) >= 11 is 10.6. The number of alkyl halides is 2. The topological polar surface area (TPSA) is 94.8 Å². The van der Waals surface area contributed by atoms with Gasteiger partial charge in [0.15, 0.2) is 11.4 Å². The van der Waals surface area contributed by atoms with E-state index in [-0.39, 0.29) is 24.0 Å². The van der Waals surface area contributed by atoms with Crippen LogP contribution in [-0.2, 0) is 9.59 Å². The highest BCUT2D eigenvalue weighted by Crippen LogP contribution is 2.72. The molecule has 28 heavy (non-hydrogen) atoms. The third-order valence-corrected chi connectivity index (χ3v) is 10.9. The number of carboxylic acids is 1. The quantitative estimate of drug-likeness (QED) is 0.509. The van der Waals surface area contributed by atoms with E-state index in [0.717, 1.165) is 5.57 Å². The Morgan fingerprint density at radius 2 is 1.93 bits per heavy atom. The number of aliphatic hydroxyl groups excluding tert-OH is 1. The first kappa shape index (κ1) is 20.6. The van der Waals surface area contributed by atoms with E-state index in [1.54, 1.807) is 19.9 Å². The largest absolute Gasteiger partial charge is 0.479 e. The Balaban J connectivity index is 1.88. The van der Waals surface area contributed by atoms with Gasteiger partial charge >= 0.3 is 5.97 Å². The molecule has 4 rings (SSSR count). The molecule has 0 aromatic carbocycles. The molecule has 0 saturated heterocycles. The molecule has 0 amide bonds. The summed E-state index contributed by atoms with van der Waals surface area (Å²) in [6.07, 6.45) is 5.22. The van der Waals surface area contributed by atoms with Gasteiger partial charge in [-0.15, -0.1) is 11.6 Å². The fourth-order valence-electron chi connectivity index (χ4n) is 7.00. The summed E-state index contributed by atoms with van der Waals surface area (Å²) in [6.45, 7) is 5.54. The van der Waals surface area contributed by atoms with Gasteiger partial charge in [-0.25, -0.2) is 4.79 Å². The van der Waals surface area contributed by atoms with Crippen molar-refractivity contribution >= 4 is 39.3 Å². The molecule has 0 aliphatic heterocycles. The van der Waals surface area contributed by atoms with Crippen LogP contribution in [0.15, 0.2) is 23.8 Å². The van der Waals surface area contributed by atoms with Crippen molar-refractivity contribution in [2.24, 2.45) is 28.6 Å². The lowest BCUT2D eigenvalue weighted by molar-refractivity contribution is -0.193. The number of aliphatic carboxylic acids is 1. The number of aliphatic hydroxyl groups is 2. The molecule has 0 radical (unpaired) electrons. The van der Waals surface area contributed by atoms with E-state index in [1.807, 2.05) is 13.0 Å². The van der Waals surface area contributed by atoms with E-state index in [2.05, 4.69) is 15.9 Å². The lowest BCUT2D eigenvalue weighted by Gasteiger charge is -2.64. The highest BCUT2D eigenvalue weighted by Gasteiger charge is 2.75. The normalized spacial score (nSPS) is 55.2. The van der Waals surface area contributed by atoms with E-state index in [1.165, 1.54) is 6.08 Å². The Morgan fingerprint density at radius 1 is 1.29 bits per heavy atom. The molecule has 0 heterocycles. The molecule has 3 N–H and O–H groups in total. The van der Waals surface area contributed by atoms with Gasteiger partial charge in [-0.2, -0.15) is 0 Å². The number of fused-ring (bicyclic) bond motifs is 5. The minimum atomic E-state index is -1.90. The lowest BCUT2D eigenvalue weighted by Crippen LogP contribution is -2.69. The Kier molecular flexibility index (Phi) is 4.36. The monoisotopic (exact) mass is 472 g/mol. The molecule has 9 atom stereocenters. The first-order valence-corrected chi connectivity index (χ1v) is 11.0. The Hall–Kier alpha value is -0.690. The zero-order chi connectivity index (χ0) is 20.9. The van der Waals surface area contributed by atoms with Crippen molar-refractivity contribution in [1.82, 2.24) is 0 Å². The van der Waals surface area contributed by atoms with Gasteiger partial charge in [-0.05, 0) is 54.7 Å². The number of allylic oxidation sites excluding steroid dienone is 4. The van der Waals surface area contributed by atoms with Gasteiger partial charge in [0.1, 0.15) is 0 Å². The zero-order valence-electron chi connectivity index (χ0n) is 16.2. The van der Waals surface area contributed by atoms with Gasteiger partial charge in [0.05, 0.1) is 15.8 Å². The number of carbonyl (C=O) groups excluding carboxylic acids is 1. The summed E-state index contributed by atoms with van der Waals surface area (Å²) < 4.78 is -0.790. The molecule has 5 nitrogen and oxygen atoms in total. The Morgan fingerprint density at radius 3 is 2.54 bits per heavy atom. The van der Waals surface area contributed by atoms with Crippen LogP contribution < -0.4 is 0 Å². The summed E-state index contributed by atoms with van der Waals surface area (Å²) in [6, 6.07) is 0. The third kappa shape index (κ3) is 2.10. The first-order chi connectivity index (χ1) is 12.8. The molecule has 0 spiro atoms. The molecular formula is C21H26BrClO5. The van der Waals surface area contributed by atoms with Crippen molar-refractivity contribution in [3.05, 3.63) is 23.8 Å². The molecule has 4 aliphatic rings. The van der Waals surface area contributed by atoms with Crippen molar-refractivity contribution in [1.29, 1.82) is 0 Å². The molecule has 0 unspecified atom stereocenters. The molecule has 0 bridgehead atoms. The SMILES string of the molecule is C[C@H]1C[C@H]2[C@@H]3C[C@H](Cl)C4=CC(=O)C=C[C@]4(C)[C@@]3(Br)[C@@H](O)C[C@]2(C)[C@@]1(O)C(=O)O. The second kappa shape index (κ2) is 5.93. The summed E-state index contributed by atoms with van der Waals surface area (Å²) in [4.78, 5) is 24.1. The van der Waals surface area contributed by atoms with E-state index >= 15 is 0 Å². The number of hydrogen-bond donors (Lipinski definition) is 3. The lowest BCUT2D eigenvalue weighted by atomic mass is 9.46. The highest BCUT2D eigenvalue weighted by molar-refractivity contribution is 9.10. The molecule has 3 fully saturated rings. The second-order valence-electron chi connectivity index (χ2n) is 9.57. The van der Waals surface area contributed by atoms with Crippen LogP contribution in [0.5, 0.6) is 0 Å². The smallest absolute Gasteiger partial charge is 0.336 e. The number of carboxylic acid groups (broad SMARTS) is 1. The predicted octanol–water partition coefficient (Wildman–Crippen LogP) is 3.06. The van der Waals surface area contributed by atoms with Gasteiger partial charge in [0, 0.05) is 10.8 Å². The predicted molar refractivity (Wildman–Crippen MR) is 108 cm³/mol. The number of halogens is 2. The highest BCUT2D eigenvalue weighted by atomic mass is 79.9. The molecule has 0 aromatic rings. The van der Waals surface area contributed by atoms with Crippen LogP contribution in [-0.4, -0.2) is 48.5 Å². The van der Waals surface area contributed by atoms with Gasteiger partial charge in [-0.3, -0.25) is 4.79 Å². The average molecular weight is 474 g/mol. The number of rotatable bonds is 1. The van der Waals surface area contributed by atoms with Crippen molar-refractivity contribution in [3.8, 4) is 0 Å². The van der Waals surface area contributed by atoms with Crippen LogP contribution >= 0.6 is 27.5 Å². The van der Waals surface area contributed by atoms with Crippen molar-refractivity contribution in [2.45, 2.75) is 61.4 Å². The molecular weight excluding hydrogens is 448 g/mol. The molecule has 4 aliphatic carbocycles. The average Bonchev–Trinajstić information content (AvgIpc) is 2.81. The van der Waals surface area contributed by atoms with Gasteiger partial charge in [0.2, 0.25) is 0 Å². The summed E-state index contributed by atoms with van der Waals surface area (Å²) in [7, 11) is 0.